The van der Waals surface area contributed by atoms with Crippen LogP contribution in [0.3, 0.4) is 0 Å². The van der Waals surface area contributed by atoms with Crippen molar-refractivity contribution in [2.24, 2.45) is 0 Å². The van der Waals surface area contributed by atoms with E-state index in [1.54, 1.807) is 0 Å². The second-order valence-corrected chi connectivity index (χ2v) is 5.45. The number of aromatic nitrogens is 1. The minimum Gasteiger partial charge on any atom is -0.356 e. The Kier molecular flexibility index (Phi) is 3.40. The molecule has 0 radical (unpaired) electrons. The van der Waals surface area contributed by atoms with Crippen LogP contribution in [0, 0.1) is 0 Å². The van der Waals surface area contributed by atoms with Crippen molar-refractivity contribution in [2.45, 2.75) is 0 Å². The molecule has 19 heavy (non-hydrogen) atoms. The fourth-order valence-corrected chi connectivity index (χ4v) is 2.33. The van der Waals surface area contributed by atoms with E-state index < -0.39 is 0 Å². The molecule has 0 unspecified atom stereocenters. The van der Waals surface area contributed by atoms with Crippen LogP contribution in [0.1, 0.15) is 0 Å². The van der Waals surface area contributed by atoms with Gasteiger partial charge in [0.05, 0.1) is 0 Å². The first-order valence-corrected chi connectivity index (χ1v) is 6.88. The average molecular weight is 335 g/mol. The molecular weight excluding hydrogens is 326 g/mol. The normalized spacial score (nSPS) is 10.6. The molecule has 2 aromatic carbocycles. The number of rotatable bonds is 2. The molecule has 0 amide bonds. The molecule has 1 heterocycles. The highest BCUT2D eigenvalue weighted by molar-refractivity contribution is 9.10. The Morgan fingerprint density at radius 1 is 0.947 bits per heavy atom. The zero-order chi connectivity index (χ0) is 13.2. The summed E-state index contributed by atoms with van der Waals surface area (Å²) in [6.45, 7) is 0. The van der Waals surface area contributed by atoms with Crippen LogP contribution in [-0.4, -0.2) is 5.16 Å². The van der Waals surface area contributed by atoms with Crippen LogP contribution in [0.4, 0.5) is 0 Å². The van der Waals surface area contributed by atoms with Gasteiger partial charge in [0, 0.05) is 26.7 Å². The van der Waals surface area contributed by atoms with E-state index in [4.69, 9.17) is 16.1 Å². The molecule has 0 saturated carbocycles. The Morgan fingerprint density at radius 2 is 1.74 bits per heavy atom. The first-order chi connectivity index (χ1) is 9.22. The van der Waals surface area contributed by atoms with Crippen molar-refractivity contribution in [3.63, 3.8) is 0 Å². The Labute approximate surface area is 124 Å². The number of nitrogens with zero attached hydrogens (tertiary/aromatic N) is 1. The summed E-state index contributed by atoms with van der Waals surface area (Å²) in [5, 5.41) is 4.80. The van der Waals surface area contributed by atoms with Crippen molar-refractivity contribution in [1.82, 2.24) is 5.16 Å². The average Bonchev–Trinajstić information content (AvgIpc) is 2.89. The lowest BCUT2D eigenvalue weighted by Crippen LogP contribution is -1.75. The Morgan fingerprint density at radius 3 is 2.47 bits per heavy atom. The van der Waals surface area contributed by atoms with Crippen LogP contribution in [0.15, 0.2) is 63.6 Å². The summed E-state index contributed by atoms with van der Waals surface area (Å²) in [7, 11) is 0. The molecule has 0 aliphatic rings. The smallest absolute Gasteiger partial charge is 0.167 e. The van der Waals surface area contributed by atoms with Gasteiger partial charge in [0.15, 0.2) is 5.76 Å². The number of hydrogen-bond acceptors (Lipinski definition) is 2. The number of benzene rings is 2. The maximum Gasteiger partial charge on any atom is 0.167 e. The third kappa shape index (κ3) is 2.72. The molecule has 3 aromatic rings. The van der Waals surface area contributed by atoms with Gasteiger partial charge in [-0.05, 0) is 24.3 Å². The topological polar surface area (TPSA) is 26.0 Å². The molecule has 0 aliphatic carbocycles. The maximum atomic E-state index is 5.87. The number of halogens is 2. The third-order valence-electron chi connectivity index (χ3n) is 2.76. The van der Waals surface area contributed by atoms with Crippen molar-refractivity contribution < 1.29 is 4.52 Å². The van der Waals surface area contributed by atoms with E-state index in [0.717, 1.165) is 27.1 Å². The van der Waals surface area contributed by atoms with Crippen molar-refractivity contribution in [1.29, 1.82) is 0 Å². The lowest BCUT2D eigenvalue weighted by atomic mass is 10.1. The van der Waals surface area contributed by atoms with Gasteiger partial charge >= 0.3 is 0 Å². The highest BCUT2D eigenvalue weighted by atomic mass is 79.9. The largest absolute Gasteiger partial charge is 0.356 e. The fourth-order valence-electron chi connectivity index (χ4n) is 1.81. The first kappa shape index (κ1) is 12.5. The fraction of sp³-hybridized carbons (Fsp3) is 0. The van der Waals surface area contributed by atoms with E-state index in [9.17, 15) is 0 Å². The van der Waals surface area contributed by atoms with Crippen LogP contribution < -0.4 is 0 Å². The van der Waals surface area contributed by atoms with E-state index in [2.05, 4.69) is 21.1 Å². The standard InChI is InChI=1S/C15H9BrClNO/c16-12-3-1-2-11(8-12)15-9-14(18-19-15)10-4-6-13(17)7-5-10/h1-9H. The first-order valence-electron chi connectivity index (χ1n) is 5.71. The molecule has 2 nitrogen and oxygen atoms in total. The van der Waals surface area contributed by atoms with E-state index in [-0.39, 0.29) is 0 Å². The molecule has 0 fully saturated rings. The lowest BCUT2D eigenvalue weighted by molar-refractivity contribution is 0.435. The monoisotopic (exact) mass is 333 g/mol. The van der Waals surface area contributed by atoms with Crippen LogP contribution >= 0.6 is 27.5 Å². The highest BCUT2D eigenvalue weighted by Crippen LogP contribution is 2.28. The summed E-state index contributed by atoms with van der Waals surface area (Å²) in [6.07, 6.45) is 0. The molecule has 0 saturated heterocycles. The quantitative estimate of drug-likeness (QED) is 0.625. The molecule has 4 heteroatoms. The summed E-state index contributed by atoms with van der Waals surface area (Å²) in [4.78, 5) is 0. The molecule has 1 aromatic heterocycles. The summed E-state index contributed by atoms with van der Waals surface area (Å²) in [5.41, 5.74) is 2.77. The molecule has 3 rings (SSSR count). The van der Waals surface area contributed by atoms with Gasteiger partial charge < -0.3 is 4.52 Å². The van der Waals surface area contributed by atoms with Gasteiger partial charge in [0.25, 0.3) is 0 Å². The minimum absolute atomic E-state index is 0.708. The van der Waals surface area contributed by atoms with Crippen molar-refractivity contribution in [3.05, 3.63) is 64.1 Å². The summed E-state index contributed by atoms with van der Waals surface area (Å²) < 4.78 is 6.40. The SMILES string of the molecule is Clc1ccc(-c2cc(-c3cccc(Br)c3)on2)cc1. The van der Waals surface area contributed by atoms with E-state index >= 15 is 0 Å². The van der Waals surface area contributed by atoms with E-state index in [1.165, 1.54) is 0 Å². The van der Waals surface area contributed by atoms with Gasteiger partial charge in [-0.2, -0.15) is 0 Å². The van der Waals surface area contributed by atoms with E-state index in [0.29, 0.717) is 5.02 Å². The van der Waals surface area contributed by atoms with Gasteiger partial charge in [0.1, 0.15) is 5.69 Å². The van der Waals surface area contributed by atoms with Crippen LogP contribution in [0.2, 0.25) is 5.02 Å². The molecule has 0 aliphatic heterocycles. The predicted molar refractivity (Wildman–Crippen MR) is 80.1 cm³/mol. The van der Waals surface area contributed by atoms with Gasteiger partial charge in [0.2, 0.25) is 0 Å². The minimum atomic E-state index is 0.708. The van der Waals surface area contributed by atoms with Crippen molar-refractivity contribution in [2.75, 3.05) is 0 Å². The van der Waals surface area contributed by atoms with Crippen molar-refractivity contribution in [3.8, 4) is 22.6 Å². The number of hydrogen-bond donors (Lipinski definition) is 0. The second-order valence-electron chi connectivity index (χ2n) is 4.09. The zero-order valence-corrected chi connectivity index (χ0v) is 12.1. The lowest BCUT2D eigenvalue weighted by Gasteiger charge is -1.95. The molecule has 0 atom stereocenters. The molecule has 0 N–H and O–H groups in total. The molecule has 0 bridgehead atoms. The zero-order valence-electron chi connectivity index (χ0n) is 9.81. The Bertz CT molecular complexity index is 706. The van der Waals surface area contributed by atoms with Crippen LogP contribution in [-0.2, 0) is 0 Å². The van der Waals surface area contributed by atoms with Crippen molar-refractivity contribution >= 4 is 27.5 Å². The van der Waals surface area contributed by atoms with Crippen LogP contribution in [0.25, 0.3) is 22.6 Å². The third-order valence-corrected chi connectivity index (χ3v) is 3.50. The van der Waals surface area contributed by atoms with E-state index in [1.807, 2.05) is 54.6 Å². The molecule has 0 spiro atoms. The summed E-state index contributed by atoms with van der Waals surface area (Å²) in [6, 6.07) is 17.3. The Hall–Kier alpha value is -1.58. The second kappa shape index (κ2) is 5.19. The Balaban J connectivity index is 1.97. The van der Waals surface area contributed by atoms with Gasteiger partial charge in [-0.15, -0.1) is 0 Å². The summed E-state index contributed by atoms with van der Waals surface area (Å²) in [5.74, 6) is 0.742. The molecule has 94 valence electrons. The molecular formula is C15H9BrClNO. The maximum absolute atomic E-state index is 5.87. The van der Waals surface area contributed by atoms with Gasteiger partial charge in [-0.25, -0.2) is 0 Å². The van der Waals surface area contributed by atoms with Crippen LogP contribution in [0.5, 0.6) is 0 Å². The van der Waals surface area contributed by atoms with Gasteiger partial charge in [-0.3, -0.25) is 0 Å². The van der Waals surface area contributed by atoms with Gasteiger partial charge in [-0.1, -0.05) is 57.0 Å². The summed E-state index contributed by atoms with van der Waals surface area (Å²) >= 11 is 9.31. The highest BCUT2D eigenvalue weighted by Gasteiger charge is 2.08. The predicted octanol–water partition coefficient (Wildman–Crippen LogP) is 5.42.